The molecule has 1 aromatic heterocycles. The van der Waals surface area contributed by atoms with E-state index in [1.807, 2.05) is 39.1 Å². The zero-order valence-electron chi connectivity index (χ0n) is 17.6. The average Bonchev–Trinajstić information content (AvgIpc) is 2.67. The molecule has 0 saturated heterocycles. The lowest BCUT2D eigenvalue weighted by Crippen LogP contribution is -2.37. The van der Waals surface area contributed by atoms with Gasteiger partial charge < -0.3 is 21.3 Å². The van der Waals surface area contributed by atoms with Crippen LogP contribution < -0.4 is 16.4 Å². The van der Waals surface area contributed by atoms with Gasteiger partial charge >= 0.3 is 0 Å². The summed E-state index contributed by atoms with van der Waals surface area (Å²) >= 11 is 1.47. The first-order chi connectivity index (χ1) is 14.3. The van der Waals surface area contributed by atoms with Gasteiger partial charge in [-0.05, 0) is 44.2 Å². The molecule has 30 heavy (non-hydrogen) atoms. The van der Waals surface area contributed by atoms with Crippen molar-refractivity contribution in [1.29, 1.82) is 0 Å². The number of fused-ring (bicyclic) bond motifs is 5. The molecule has 160 valence electrons. The van der Waals surface area contributed by atoms with Crippen LogP contribution in [0.2, 0.25) is 0 Å². The summed E-state index contributed by atoms with van der Waals surface area (Å²) in [5.41, 5.74) is 10.00. The van der Waals surface area contributed by atoms with E-state index in [0.717, 1.165) is 16.7 Å². The number of nitrogens with one attached hydrogen (secondary N) is 2. The lowest BCUT2D eigenvalue weighted by molar-refractivity contribution is -0.120. The van der Waals surface area contributed by atoms with Crippen molar-refractivity contribution in [3.63, 3.8) is 0 Å². The first-order valence-corrected chi connectivity index (χ1v) is 10.9. The fourth-order valence-electron chi connectivity index (χ4n) is 3.32. The Kier molecular flexibility index (Phi) is 7.28. The number of amides is 2. The van der Waals surface area contributed by atoms with Crippen molar-refractivity contribution in [3.05, 3.63) is 34.9 Å². The van der Waals surface area contributed by atoms with E-state index >= 15 is 0 Å². The summed E-state index contributed by atoms with van der Waals surface area (Å²) < 4.78 is 0. The van der Waals surface area contributed by atoms with Crippen LogP contribution in [-0.2, 0) is 4.79 Å². The highest BCUT2D eigenvalue weighted by Crippen LogP contribution is 2.29. The second-order valence-corrected chi connectivity index (χ2v) is 8.55. The third-order valence-corrected chi connectivity index (χ3v) is 5.90. The van der Waals surface area contributed by atoms with E-state index in [2.05, 4.69) is 25.5 Å². The minimum absolute atomic E-state index is 0.00610. The number of aryl methyl sites for hydroxylation is 2. The number of benzene rings is 1. The number of likely N-dealkylation sites (N-methyl/N-ethyl adjacent to an activating group) is 1. The van der Waals surface area contributed by atoms with Crippen LogP contribution in [0.15, 0.2) is 23.2 Å². The third-order valence-electron chi connectivity index (χ3n) is 4.99. The van der Waals surface area contributed by atoms with E-state index in [9.17, 15) is 9.59 Å². The Hall–Kier alpha value is -2.65. The second-order valence-electron chi connectivity index (χ2n) is 7.44. The Balaban J connectivity index is 1.96. The zero-order valence-corrected chi connectivity index (χ0v) is 18.4. The molecule has 0 spiro atoms. The van der Waals surface area contributed by atoms with E-state index in [1.165, 1.54) is 11.8 Å². The van der Waals surface area contributed by atoms with Gasteiger partial charge in [-0.15, -0.1) is 11.8 Å². The summed E-state index contributed by atoms with van der Waals surface area (Å²) in [6.07, 6.45) is 0.400. The number of anilines is 1. The number of nitrogen functional groups attached to an aromatic ring is 1. The van der Waals surface area contributed by atoms with Gasteiger partial charge in [-0.25, -0.2) is 9.97 Å². The van der Waals surface area contributed by atoms with E-state index in [1.54, 1.807) is 0 Å². The number of thioether (sulfide) groups is 1. The Bertz CT molecular complexity index is 949. The smallest absolute Gasteiger partial charge is 0.251 e. The van der Waals surface area contributed by atoms with Crippen LogP contribution in [0.5, 0.6) is 0 Å². The van der Waals surface area contributed by atoms with Crippen molar-refractivity contribution in [2.75, 3.05) is 44.7 Å². The molecule has 0 fully saturated rings. The molecule has 0 saturated carbocycles. The predicted octanol–water partition coefficient (Wildman–Crippen LogP) is 1.62. The number of nitrogens with zero attached hydrogens (tertiary/aromatic N) is 3. The first-order valence-electron chi connectivity index (χ1n) is 9.96. The van der Waals surface area contributed by atoms with Gasteiger partial charge in [0.25, 0.3) is 5.91 Å². The van der Waals surface area contributed by atoms with Crippen molar-refractivity contribution < 1.29 is 9.59 Å². The molecule has 1 aromatic carbocycles. The number of carbonyl (C=O) groups excluding carboxylic acids is 2. The molecular weight excluding hydrogens is 400 g/mol. The van der Waals surface area contributed by atoms with E-state index in [-0.39, 0.29) is 17.8 Å². The van der Waals surface area contributed by atoms with Crippen molar-refractivity contribution in [3.8, 4) is 11.3 Å². The Morgan fingerprint density at radius 1 is 1.00 bits per heavy atom. The van der Waals surface area contributed by atoms with Gasteiger partial charge in [-0.2, -0.15) is 0 Å². The summed E-state index contributed by atoms with van der Waals surface area (Å²) in [6.45, 7) is 6.42. The van der Waals surface area contributed by atoms with Gasteiger partial charge in [0.15, 0.2) is 0 Å². The molecule has 4 N–H and O–H groups in total. The van der Waals surface area contributed by atoms with Gasteiger partial charge in [-0.3, -0.25) is 9.59 Å². The molecule has 2 heterocycles. The van der Waals surface area contributed by atoms with Gasteiger partial charge in [-0.1, -0.05) is 6.07 Å². The van der Waals surface area contributed by atoms with Crippen LogP contribution in [0.3, 0.4) is 0 Å². The fourth-order valence-corrected chi connectivity index (χ4v) is 4.17. The monoisotopic (exact) mass is 428 g/mol. The number of aromatic nitrogens is 2. The van der Waals surface area contributed by atoms with Gasteiger partial charge in [0, 0.05) is 49.5 Å². The number of hydrogen-bond acceptors (Lipinski definition) is 7. The van der Waals surface area contributed by atoms with Crippen LogP contribution in [-0.4, -0.2) is 65.7 Å². The Morgan fingerprint density at radius 2 is 1.70 bits per heavy atom. The Morgan fingerprint density at radius 3 is 2.47 bits per heavy atom. The quantitative estimate of drug-likeness (QED) is 0.547. The highest BCUT2D eigenvalue weighted by atomic mass is 32.2. The molecule has 0 radical (unpaired) electrons. The summed E-state index contributed by atoms with van der Waals surface area (Å²) in [6, 6.07) is 5.72. The number of hydrogen-bond donors (Lipinski definition) is 3. The lowest BCUT2D eigenvalue weighted by atomic mass is 9.97. The molecule has 9 heteroatoms. The topological polar surface area (TPSA) is 113 Å². The summed E-state index contributed by atoms with van der Waals surface area (Å²) in [4.78, 5) is 35.6. The van der Waals surface area contributed by atoms with Gasteiger partial charge in [0.1, 0.15) is 5.03 Å². The fraction of sp³-hybridized carbons (Fsp3) is 0.429. The summed E-state index contributed by atoms with van der Waals surface area (Å²) in [5, 5.41) is 6.61. The molecule has 1 aliphatic rings. The largest absolute Gasteiger partial charge is 0.368 e. The van der Waals surface area contributed by atoms with Crippen LogP contribution >= 0.6 is 11.8 Å². The maximum absolute atomic E-state index is 12.8. The minimum Gasteiger partial charge on any atom is -0.368 e. The molecule has 0 unspecified atom stereocenters. The molecule has 1 aliphatic heterocycles. The van der Waals surface area contributed by atoms with Crippen LogP contribution in [0.25, 0.3) is 11.3 Å². The molecule has 0 atom stereocenters. The highest BCUT2D eigenvalue weighted by molar-refractivity contribution is 7.99. The summed E-state index contributed by atoms with van der Waals surface area (Å²) in [5.74, 6) is 0.653. The molecule has 0 aliphatic carbocycles. The second kappa shape index (κ2) is 9.90. The molecule has 2 amide bonds. The van der Waals surface area contributed by atoms with E-state index in [0.29, 0.717) is 54.6 Å². The lowest BCUT2D eigenvalue weighted by Gasteiger charge is -2.18. The van der Waals surface area contributed by atoms with Crippen molar-refractivity contribution in [1.82, 2.24) is 25.5 Å². The van der Waals surface area contributed by atoms with Crippen LogP contribution in [0, 0.1) is 13.8 Å². The highest BCUT2D eigenvalue weighted by Gasteiger charge is 2.16. The normalized spacial score (nSPS) is 16.9. The van der Waals surface area contributed by atoms with Crippen molar-refractivity contribution in [2.24, 2.45) is 0 Å². The molecule has 2 aromatic rings. The number of carbonyl (C=O) groups is 2. The minimum atomic E-state index is -0.117. The zero-order chi connectivity index (χ0) is 21.7. The van der Waals surface area contributed by atoms with Crippen molar-refractivity contribution >= 4 is 29.5 Å². The standard InChI is InChI=1S/C21H28N6O2S/c1-13-10-14(2)16-11-15(13)17-12-19(26-21(22)25-17)30-9-4-18(28)23-5-7-27(3)8-6-24-20(16)29/h10-12H,4-9H2,1-3H3,(H,23,28)(H,24,29)(H2,22,25,26). The first kappa shape index (κ1) is 22.0. The SMILES string of the molecule is Cc1cc(C)c2cc1C(=O)NCCN(C)CCNC(=O)CCSc1cc-2nc(N)n1. The number of nitrogens with two attached hydrogens (primary N) is 1. The maximum Gasteiger partial charge on any atom is 0.251 e. The number of rotatable bonds is 0. The Labute approximate surface area is 181 Å². The molecular formula is C21H28N6O2S. The van der Waals surface area contributed by atoms with E-state index < -0.39 is 0 Å². The molecule has 4 bridgehead atoms. The van der Waals surface area contributed by atoms with Gasteiger partial charge in [0.2, 0.25) is 11.9 Å². The third kappa shape index (κ3) is 5.70. The molecule has 3 rings (SSSR count). The average molecular weight is 429 g/mol. The van der Waals surface area contributed by atoms with Crippen molar-refractivity contribution in [2.45, 2.75) is 25.3 Å². The van der Waals surface area contributed by atoms with Crippen LogP contribution in [0.1, 0.15) is 27.9 Å². The van der Waals surface area contributed by atoms with E-state index in [4.69, 9.17) is 5.73 Å². The van der Waals surface area contributed by atoms with Gasteiger partial charge in [0.05, 0.1) is 5.69 Å². The maximum atomic E-state index is 12.8. The van der Waals surface area contributed by atoms with Crippen LogP contribution in [0.4, 0.5) is 5.95 Å². The summed E-state index contributed by atoms with van der Waals surface area (Å²) in [7, 11) is 1.97. The predicted molar refractivity (Wildman–Crippen MR) is 120 cm³/mol. The molecule has 8 nitrogen and oxygen atoms in total.